The minimum atomic E-state index is -3.49. The van der Waals surface area contributed by atoms with Crippen LogP contribution in [0.4, 0.5) is 0 Å². The quantitative estimate of drug-likeness (QED) is 0.274. The number of fused-ring (bicyclic) bond motifs is 1. The zero-order valence-corrected chi connectivity index (χ0v) is 26.1. The second-order valence-electron chi connectivity index (χ2n) is 10.7. The molecule has 1 N–H and O–H groups in total. The molecule has 0 radical (unpaired) electrons. The molecule has 222 valence electrons. The Hall–Kier alpha value is -3.32. The van der Waals surface area contributed by atoms with Crippen molar-refractivity contribution in [1.29, 1.82) is 0 Å². The van der Waals surface area contributed by atoms with Crippen LogP contribution in [0, 0.1) is 27.7 Å². The fraction of sp³-hybridized carbons (Fsp3) is 0.400. The van der Waals surface area contributed by atoms with E-state index < -0.39 is 10.0 Å². The summed E-state index contributed by atoms with van der Waals surface area (Å²) in [4.78, 5) is 24.2. The third-order valence-corrected chi connectivity index (χ3v) is 10.4. The van der Waals surface area contributed by atoms with Crippen LogP contribution in [-0.2, 0) is 21.2 Å². The van der Waals surface area contributed by atoms with Gasteiger partial charge in [0.05, 0.1) is 10.6 Å². The first kappa shape index (κ1) is 30.1. The lowest BCUT2D eigenvalue weighted by atomic mass is 10.0. The summed E-state index contributed by atoms with van der Waals surface area (Å²) in [6.07, 6.45) is 0.767. The molecule has 12 heteroatoms. The number of rotatable bonds is 10. The third-order valence-electron chi connectivity index (χ3n) is 7.60. The first-order valence-electron chi connectivity index (χ1n) is 14.1. The number of hydrogen-bond donors (Lipinski definition) is 1. The summed E-state index contributed by atoms with van der Waals surface area (Å²) in [7, 11) is -3.49. The van der Waals surface area contributed by atoms with Crippen LogP contribution in [0.25, 0.3) is 5.78 Å². The van der Waals surface area contributed by atoms with Crippen molar-refractivity contribution in [2.75, 3.05) is 45.0 Å². The normalized spacial score (nSPS) is 14.9. The lowest BCUT2D eigenvalue weighted by Crippen LogP contribution is -2.50. The van der Waals surface area contributed by atoms with Gasteiger partial charge in [-0.15, -0.1) is 5.10 Å². The SMILES string of the molecule is Cc1ccc(Cc2c(C)nc3nc(SCC(=O)NCCN4CCN(S(=O)(=O)c5ccc(C)cc5)CC4)nn3c2C)cc1. The molecular weight excluding hydrogens is 571 g/mol. The number of thioether (sulfide) groups is 1. The van der Waals surface area contributed by atoms with E-state index in [0.717, 1.165) is 28.9 Å². The maximum Gasteiger partial charge on any atom is 0.253 e. The van der Waals surface area contributed by atoms with Crippen molar-refractivity contribution in [3.05, 3.63) is 82.2 Å². The van der Waals surface area contributed by atoms with Crippen molar-refractivity contribution in [1.82, 2.24) is 34.1 Å². The smallest absolute Gasteiger partial charge is 0.253 e. The summed E-state index contributed by atoms with van der Waals surface area (Å²) < 4.78 is 29.1. The minimum absolute atomic E-state index is 0.0969. The molecule has 1 fully saturated rings. The molecule has 10 nitrogen and oxygen atoms in total. The fourth-order valence-electron chi connectivity index (χ4n) is 5.00. The predicted octanol–water partition coefficient (Wildman–Crippen LogP) is 3.16. The van der Waals surface area contributed by atoms with Crippen LogP contribution in [0.5, 0.6) is 0 Å². The standard InChI is InChI=1S/C30H37N7O3S2/c1-21-5-9-25(10-6-21)19-27-23(3)32-29-33-30(34-37(29)24(27)4)41-20-28(38)31-13-14-35-15-17-36(18-16-35)42(39,40)26-11-7-22(2)8-12-26/h5-12H,13-20H2,1-4H3,(H,31,38). The molecular formula is C30H37N7O3S2. The molecule has 4 aromatic rings. The van der Waals surface area contributed by atoms with Crippen LogP contribution in [0.3, 0.4) is 0 Å². The number of aromatic nitrogens is 4. The number of sulfonamides is 1. The zero-order chi connectivity index (χ0) is 29.9. The summed E-state index contributed by atoms with van der Waals surface area (Å²) in [5, 5.41) is 8.08. The predicted molar refractivity (Wildman–Crippen MR) is 164 cm³/mol. The van der Waals surface area contributed by atoms with Crippen molar-refractivity contribution in [2.45, 2.75) is 44.2 Å². The molecule has 0 spiro atoms. The van der Waals surface area contributed by atoms with Gasteiger partial charge in [-0.2, -0.15) is 9.29 Å². The molecule has 1 saturated heterocycles. The molecule has 0 saturated carbocycles. The minimum Gasteiger partial charge on any atom is -0.354 e. The number of benzene rings is 2. The van der Waals surface area contributed by atoms with E-state index in [1.165, 1.54) is 27.2 Å². The topological polar surface area (TPSA) is 113 Å². The molecule has 42 heavy (non-hydrogen) atoms. The second kappa shape index (κ2) is 12.9. The number of amides is 1. The van der Waals surface area contributed by atoms with Gasteiger partial charge in [-0.1, -0.05) is 59.3 Å². The molecule has 2 aromatic heterocycles. The number of carbonyl (C=O) groups excluding carboxylic acids is 1. The molecule has 1 aliphatic rings. The Balaban J connectivity index is 1.08. The Morgan fingerprint density at radius 3 is 2.21 bits per heavy atom. The van der Waals surface area contributed by atoms with Crippen LogP contribution in [0.1, 0.15) is 33.6 Å². The van der Waals surface area contributed by atoms with Crippen LogP contribution in [0.15, 0.2) is 58.6 Å². The lowest BCUT2D eigenvalue weighted by Gasteiger charge is -2.34. The van der Waals surface area contributed by atoms with Gasteiger partial charge < -0.3 is 5.32 Å². The average Bonchev–Trinajstić information content (AvgIpc) is 3.38. The largest absolute Gasteiger partial charge is 0.354 e. The molecule has 2 aromatic carbocycles. The monoisotopic (exact) mass is 607 g/mol. The maximum absolute atomic E-state index is 12.9. The molecule has 0 bridgehead atoms. The van der Waals surface area contributed by atoms with E-state index >= 15 is 0 Å². The average molecular weight is 608 g/mol. The van der Waals surface area contributed by atoms with Crippen molar-refractivity contribution in [2.24, 2.45) is 0 Å². The Morgan fingerprint density at radius 1 is 0.905 bits per heavy atom. The number of nitrogens with one attached hydrogen (secondary N) is 1. The van der Waals surface area contributed by atoms with Crippen LogP contribution in [0.2, 0.25) is 0 Å². The summed E-state index contributed by atoms with van der Waals surface area (Å²) in [6, 6.07) is 15.5. The van der Waals surface area contributed by atoms with E-state index in [9.17, 15) is 13.2 Å². The Labute approximate surface area is 251 Å². The van der Waals surface area contributed by atoms with E-state index in [4.69, 9.17) is 0 Å². The highest BCUT2D eigenvalue weighted by Crippen LogP contribution is 2.21. The van der Waals surface area contributed by atoms with Gasteiger partial charge in [-0.3, -0.25) is 9.69 Å². The van der Waals surface area contributed by atoms with Crippen LogP contribution < -0.4 is 5.32 Å². The van der Waals surface area contributed by atoms with Gasteiger partial charge in [0.15, 0.2) is 0 Å². The maximum atomic E-state index is 12.9. The highest BCUT2D eigenvalue weighted by atomic mass is 32.2. The van der Waals surface area contributed by atoms with Gasteiger partial charge in [-0.25, -0.2) is 17.9 Å². The van der Waals surface area contributed by atoms with E-state index in [-0.39, 0.29) is 11.7 Å². The molecule has 0 unspecified atom stereocenters. The number of nitrogens with zero attached hydrogens (tertiary/aromatic N) is 6. The summed E-state index contributed by atoms with van der Waals surface area (Å²) in [5.41, 5.74) is 6.52. The van der Waals surface area contributed by atoms with Crippen molar-refractivity contribution in [3.8, 4) is 0 Å². The highest BCUT2D eigenvalue weighted by Gasteiger charge is 2.28. The molecule has 0 aliphatic carbocycles. The van der Waals surface area contributed by atoms with Crippen LogP contribution >= 0.6 is 11.8 Å². The van der Waals surface area contributed by atoms with Gasteiger partial charge in [0.2, 0.25) is 21.1 Å². The second-order valence-corrected chi connectivity index (χ2v) is 13.6. The van der Waals surface area contributed by atoms with Gasteiger partial charge in [-0.05, 0) is 51.0 Å². The first-order valence-corrected chi connectivity index (χ1v) is 16.5. The molecule has 1 amide bonds. The molecule has 5 rings (SSSR count). The van der Waals surface area contributed by atoms with E-state index in [2.05, 4.69) is 56.5 Å². The van der Waals surface area contributed by atoms with Gasteiger partial charge in [0.25, 0.3) is 5.78 Å². The van der Waals surface area contributed by atoms with Crippen molar-refractivity contribution in [3.63, 3.8) is 0 Å². The van der Waals surface area contributed by atoms with E-state index in [1.54, 1.807) is 16.6 Å². The Kier molecular flexibility index (Phi) is 9.26. The fourth-order valence-corrected chi connectivity index (χ4v) is 7.07. The Bertz CT molecular complexity index is 1660. The van der Waals surface area contributed by atoms with Crippen molar-refractivity contribution < 1.29 is 13.2 Å². The van der Waals surface area contributed by atoms with Gasteiger partial charge in [0.1, 0.15) is 0 Å². The molecule has 0 atom stereocenters. The van der Waals surface area contributed by atoms with Crippen molar-refractivity contribution >= 4 is 33.5 Å². The summed E-state index contributed by atoms with van der Waals surface area (Å²) in [5.74, 6) is 0.637. The number of piperazine rings is 1. The number of carbonyl (C=O) groups is 1. The lowest BCUT2D eigenvalue weighted by molar-refractivity contribution is -0.118. The van der Waals surface area contributed by atoms with Crippen LogP contribution in [-0.4, -0.2) is 88.1 Å². The summed E-state index contributed by atoms with van der Waals surface area (Å²) >= 11 is 1.29. The number of hydrogen-bond acceptors (Lipinski definition) is 8. The van der Waals surface area contributed by atoms with E-state index in [1.807, 2.05) is 32.9 Å². The molecule has 1 aliphatic heterocycles. The first-order chi connectivity index (χ1) is 20.1. The van der Waals surface area contributed by atoms with E-state index in [0.29, 0.717) is 55.1 Å². The highest BCUT2D eigenvalue weighted by molar-refractivity contribution is 7.99. The zero-order valence-electron chi connectivity index (χ0n) is 24.5. The van der Waals surface area contributed by atoms with Gasteiger partial charge >= 0.3 is 0 Å². The molecule has 3 heterocycles. The van der Waals surface area contributed by atoms with Gasteiger partial charge in [0, 0.05) is 57.1 Å². The number of aryl methyl sites for hydroxylation is 4. The summed E-state index contributed by atoms with van der Waals surface area (Å²) in [6.45, 7) is 11.3. The Morgan fingerprint density at radius 2 is 1.55 bits per heavy atom. The third kappa shape index (κ3) is 7.00.